The van der Waals surface area contributed by atoms with Crippen molar-refractivity contribution in [1.82, 2.24) is 9.97 Å². The molecule has 29 heavy (non-hydrogen) atoms. The van der Waals surface area contributed by atoms with E-state index in [-0.39, 0.29) is 22.7 Å². The molecule has 1 heterocycles. The number of hydrogen-bond acceptors (Lipinski definition) is 5. The van der Waals surface area contributed by atoms with Gasteiger partial charge < -0.3 is 5.32 Å². The number of amides is 1. The molecule has 0 spiro atoms. The minimum absolute atomic E-state index is 0.0102. The first-order chi connectivity index (χ1) is 13.9. The summed E-state index contributed by atoms with van der Waals surface area (Å²) in [5, 5.41) is 2.85. The molecule has 0 aliphatic rings. The van der Waals surface area contributed by atoms with Gasteiger partial charge in [0.05, 0.1) is 10.8 Å². The zero-order chi connectivity index (χ0) is 20.9. The number of carbonyl (C=O) groups is 1. The molecule has 1 atom stereocenters. The van der Waals surface area contributed by atoms with Gasteiger partial charge in [-0.1, -0.05) is 37.3 Å². The molecule has 0 unspecified atom stereocenters. The summed E-state index contributed by atoms with van der Waals surface area (Å²) < 4.78 is 27.4. The summed E-state index contributed by atoms with van der Waals surface area (Å²) in [6.45, 7) is 3.70. The van der Waals surface area contributed by atoms with Crippen LogP contribution in [0, 0.1) is 6.92 Å². The quantitative estimate of drug-likeness (QED) is 0.618. The Labute approximate surface area is 170 Å². The van der Waals surface area contributed by atoms with Gasteiger partial charge in [-0.2, -0.15) is 0 Å². The van der Waals surface area contributed by atoms with E-state index in [0.29, 0.717) is 17.8 Å². The van der Waals surface area contributed by atoms with Crippen LogP contribution in [0.4, 0.5) is 11.6 Å². The fourth-order valence-electron chi connectivity index (χ4n) is 2.88. The summed E-state index contributed by atoms with van der Waals surface area (Å²) in [5.41, 5.74) is 2.11. The Kier molecular flexibility index (Phi) is 6.23. The van der Waals surface area contributed by atoms with Crippen LogP contribution in [0.2, 0.25) is 0 Å². The highest BCUT2D eigenvalue weighted by Gasteiger charge is 2.19. The summed E-state index contributed by atoms with van der Waals surface area (Å²) in [6.07, 6.45) is 2.14. The maximum absolute atomic E-state index is 12.6. The molecule has 0 aliphatic carbocycles. The zero-order valence-electron chi connectivity index (χ0n) is 16.2. The number of aromatic nitrogens is 2. The van der Waals surface area contributed by atoms with Crippen LogP contribution in [0.1, 0.15) is 30.5 Å². The van der Waals surface area contributed by atoms with Crippen molar-refractivity contribution in [3.63, 3.8) is 0 Å². The first kappa shape index (κ1) is 20.5. The molecule has 0 saturated carbocycles. The molecule has 2 aromatic carbocycles. The van der Waals surface area contributed by atoms with Gasteiger partial charge in [-0.25, -0.2) is 23.1 Å². The van der Waals surface area contributed by atoms with Crippen molar-refractivity contribution in [2.45, 2.75) is 31.1 Å². The standard InChI is InChI=1S/C21H22N4O3S/c1-3-19(16-7-5-4-6-8-16)20(26)24-17-9-11-18(12-10-17)29(27,28)25-21-22-14-13-15(2)23-21/h4-14,19H,3H2,1-2H3,(H,24,26)(H,22,23,25)/t19-/m0/s1. The van der Waals surface area contributed by atoms with Gasteiger partial charge in [0.1, 0.15) is 0 Å². The number of nitrogens with one attached hydrogen (secondary N) is 2. The van der Waals surface area contributed by atoms with Crippen LogP contribution in [-0.4, -0.2) is 24.3 Å². The van der Waals surface area contributed by atoms with Crippen LogP contribution < -0.4 is 10.0 Å². The fraction of sp³-hybridized carbons (Fsp3) is 0.190. The number of hydrogen-bond donors (Lipinski definition) is 2. The van der Waals surface area contributed by atoms with Crippen LogP contribution in [0.5, 0.6) is 0 Å². The van der Waals surface area contributed by atoms with Crippen molar-refractivity contribution in [3.05, 3.63) is 78.1 Å². The highest BCUT2D eigenvalue weighted by Crippen LogP contribution is 2.22. The van der Waals surface area contributed by atoms with E-state index in [1.165, 1.54) is 18.3 Å². The third kappa shape index (κ3) is 5.17. The predicted molar refractivity (Wildman–Crippen MR) is 112 cm³/mol. The van der Waals surface area contributed by atoms with Gasteiger partial charge in [-0.15, -0.1) is 0 Å². The Morgan fingerprint density at radius 2 is 1.72 bits per heavy atom. The molecule has 0 aliphatic heterocycles. The molecule has 7 nitrogen and oxygen atoms in total. The summed E-state index contributed by atoms with van der Waals surface area (Å²) in [7, 11) is -3.83. The molecular weight excluding hydrogens is 388 g/mol. The third-order valence-electron chi connectivity index (χ3n) is 4.38. The van der Waals surface area contributed by atoms with Crippen LogP contribution >= 0.6 is 0 Å². The van der Waals surface area contributed by atoms with Crippen molar-refractivity contribution in [1.29, 1.82) is 0 Å². The molecule has 1 aromatic heterocycles. The maximum Gasteiger partial charge on any atom is 0.264 e. The van der Waals surface area contributed by atoms with Crippen molar-refractivity contribution in [2.75, 3.05) is 10.0 Å². The van der Waals surface area contributed by atoms with Crippen molar-refractivity contribution in [2.24, 2.45) is 0 Å². The first-order valence-corrected chi connectivity index (χ1v) is 10.7. The zero-order valence-corrected chi connectivity index (χ0v) is 17.0. The van der Waals surface area contributed by atoms with E-state index >= 15 is 0 Å². The number of anilines is 2. The van der Waals surface area contributed by atoms with Crippen LogP contribution in [0.25, 0.3) is 0 Å². The Morgan fingerprint density at radius 1 is 1.03 bits per heavy atom. The molecule has 3 aromatic rings. The lowest BCUT2D eigenvalue weighted by atomic mass is 9.95. The van der Waals surface area contributed by atoms with E-state index in [0.717, 1.165) is 5.56 Å². The minimum Gasteiger partial charge on any atom is -0.326 e. The molecule has 2 N–H and O–H groups in total. The van der Waals surface area contributed by atoms with E-state index in [2.05, 4.69) is 20.0 Å². The maximum atomic E-state index is 12.6. The van der Waals surface area contributed by atoms with Gasteiger partial charge in [-0.3, -0.25) is 4.79 Å². The molecular formula is C21H22N4O3S. The number of rotatable bonds is 7. The first-order valence-electron chi connectivity index (χ1n) is 9.17. The van der Waals surface area contributed by atoms with Gasteiger partial charge in [0.2, 0.25) is 11.9 Å². The molecule has 0 saturated heterocycles. The lowest BCUT2D eigenvalue weighted by Crippen LogP contribution is -2.20. The van der Waals surface area contributed by atoms with Crippen molar-refractivity contribution >= 4 is 27.6 Å². The summed E-state index contributed by atoms with van der Waals surface area (Å²) in [5.74, 6) is -0.406. The lowest BCUT2D eigenvalue weighted by molar-refractivity contribution is -0.117. The second-order valence-corrected chi connectivity index (χ2v) is 8.19. The highest BCUT2D eigenvalue weighted by molar-refractivity contribution is 7.92. The Bertz CT molecular complexity index is 1080. The average molecular weight is 410 g/mol. The second kappa shape index (κ2) is 8.83. The lowest BCUT2D eigenvalue weighted by Gasteiger charge is -2.15. The molecule has 0 radical (unpaired) electrons. The summed E-state index contributed by atoms with van der Waals surface area (Å²) in [6, 6.07) is 17.2. The molecule has 3 rings (SSSR count). The summed E-state index contributed by atoms with van der Waals surface area (Å²) in [4.78, 5) is 20.6. The van der Waals surface area contributed by atoms with Crippen molar-refractivity contribution in [3.8, 4) is 0 Å². The number of nitrogens with zero attached hydrogens (tertiary/aromatic N) is 2. The monoisotopic (exact) mass is 410 g/mol. The van der Waals surface area contributed by atoms with E-state index in [4.69, 9.17) is 0 Å². The van der Waals surface area contributed by atoms with Gasteiger partial charge in [-0.05, 0) is 49.2 Å². The number of benzene rings is 2. The summed E-state index contributed by atoms with van der Waals surface area (Å²) >= 11 is 0. The molecule has 1 amide bonds. The third-order valence-corrected chi connectivity index (χ3v) is 5.72. The van der Waals surface area contributed by atoms with E-state index in [9.17, 15) is 13.2 Å². The SMILES string of the molecule is CC[C@H](C(=O)Nc1ccc(S(=O)(=O)Nc2nccc(C)n2)cc1)c1ccccc1. The minimum atomic E-state index is -3.83. The Hall–Kier alpha value is -3.26. The van der Waals surface area contributed by atoms with E-state index < -0.39 is 10.0 Å². The highest BCUT2D eigenvalue weighted by atomic mass is 32.2. The van der Waals surface area contributed by atoms with E-state index in [1.807, 2.05) is 37.3 Å². The largest absolute Gasteiger partial charge is 0.326 e. The van der Waals surface area contributed by atoms with Crippen molar-refractivity contribution < 1.29 is 13.2 Å². The average Bonchev–Trinajstić information content (AvgIpc) is 2.69. The normalized spacial score (nSPS) is 12.2. The van der Waals surface area contributed by atoms with Gasteiger partial charge in [0.15, 0.2) is 0 Å². The van der Waals surface area contributed by atoms with Crippen LogP contribution in [-0.2, 0) is 14.8 Å². The molecule has 0 bridgehead atoms. The topological polar surface area (TPSA) is 101 Å². The Morgan fingerprint density at radius 3 is 2.34 bits per heavy atom. The molecule has 0 fully saturated rings. The predicted octanol–water partition coefficient (Wildman–Crippen LogP) is 3.72. The fourth-order valence-corrected chi connectivity index (χ4v) is 3.83. The number of aryl methyl sites for hydroxylation is 1. The second-order valence-electron chi connectivity index (χ2n) is 6.51. The molecule has 150 valence electrons. The van der Waals surface area contributed by atoms with Gasteiger partial charge >= 0.3 is 0 Å². The van der Waals surface area contributed by atoms with Gasteiger partial charge in [0, 0.05) is 17.6 Å². The Balaban J connectivity index is 1.71. The number of carbonyl (C=O) groups excluding carboxylic acids is 1. The smallest absolute Gasteiger partial charge is 0.264 e. The van der Waals surface area contributed by atoms with Crippen LogP contribution in [0.3, 0.4) is 0 Å². The number of sulfonamides is 1. The molecule has 8 heteroatoms. The van der Waals surface area contributed by atoms with Crippen LogP contribution in [0.15, 0.2) is 71.8 Å². The van der Waals surface area contributed by atoms with Gasteiger partial charge in [0.25, 0.3) is 10.0 Å². The van der Waals surface area contributed by atoms with E-state index in [1.54, 1.807) is 25.1 Å².